The molecule has 1 atom stereocenters. The van der Waals surface area contributed by atoms with Crippen molar-refractivity contribution < 1.29 is 8.42 Å². The van der Waals surface area contributed by atoms with E-state index in [1.807, 2.05) is 23.9 Å². The van der Waals surface area contributed by atoms with Crippen LogP contribution in [0.4, 0.5) is 0 Å². The first-order chi connectivity index (χ1) is 9.91. The second-order valence-electron chi connectivity index (χ2n) is 5.05. The van der Waals surface area contributed by atoms with Crippen LogP contribution in [0, 0.1) is 0 Å². The summed E-state index contributed by atoms with van der Waals surface area (Å²) in [4.78, 5) is 0.306. The molecule has 6 nitrogen and oxygen atoms in total. The summed E-state index contributed by atoms with van der Waals surface area (Å²) >= 11 is 0. The van der Waals surface area contributed by atoms with Gasteiger partial charge in [0.25, 0.3) is 0 Å². The molecule has 0 bridgehead atoms. The highest BCUT2D eigenvalue weighted by atomic mass is 32.2. The lowest BCUT2D eigenvalue weighted by molar-refractivity contribution is 0.505. The van der Waals surface area contributed by atoms with Gasteiger partial charge in [-0.15, -0.1) is 0 Å². The van der Waals surface area contributed by atoms with Gasteiger partial charge in [-0.1, -0.05) is 12.1 Å². The van der Waals surface area contributed by atoms with Crippen LogP contribution in [0.1, 0.15) is 23.7 Å². The van der Waals surface area contributed by atoms with Crippen LogP contribution >= 0.6 is 0 Å². The molecule has 114 valence electrons. The van der Waals surface area contributed by atoms with Crippen molar-refractivity contribution in [1.29, 1.82) is 0 Å². The first-order valence-corrected chi connectivity index (χ1v) is 8.54. The van der Waals surface area contributed by atoms with Gasteiger partial charge in [-0.3, -0.25) is 16.0 Å². The van der Waals surface area contributed by atoms with Crippen LogP contribution in [0.2, 0.25) is 0 Å². The number of sulfone groups is 1. The molecule has 2 aromatic rings. The van der Waals surface area contributed by atoms with Crippen LogP contribution in [-0.4, -0.2) is 24.5 Å². The molecule has 0 aliphatic carbocycles. The monoisotopic (exact) mass is 308 g/mol. The lowest BCUT2D eigenvalue weighted by atomic mass is 10.0. The Kier molecular flexibility index (Phi) is 4.76. The fourth-order valence-corrected chi connectivity index (χ4v) is 2.92. The molecule has 7 heteroatoms. The minimum atomic E-state index is -3.21. The van der Waals surface area contributed by atoms with Crippen molar-refractivity contribution in [3.05, 3.63) is 47.8 Å². The van der Waals surface area contributed by atoms with Crippen molar-refractivity contribution in [2.24, 2.45) is 12.9 Å². The van der Waals surface area contributed by atoms with Crippen LogP contribution in [0.3, 0.4) is 0 Å². The lowest BCUT2D eigenvalue weighted by Gasteiger charge is -2.17. The third kappa shape index (κ3) is 3.90. The van der Waals surface area contributed by atoms with Crippen molar-refractivity contribution >= 4 is 9.84 Å². The predicted octanol–water partition coefficient (Wildman–Crippen LogP) is 0.961. The van der Waals surface area contributed by atoms with E-state index in [-0.39, 0.29) is 6.04 Å². The van der Waals surface area contributed by atoms with Crippen LogP contribution in [-0.2, 0) is 23.3 Å². The van der Waals surface area contributed by atoms with Gasteiger partial charge in [0.15, 0.2) is 9.84 Å². The Bertz CT molecular complexity index is 709. The van der Waals surface area contributed by atoms with E-state index < -0.39 is 9.84 Å². The molecule has 1 unspecified atom stereocenters. The number of aromatic nitrogens is 2. The van der Waals surface area contributed by atoms with Crippen molar-refractivity contribution in [2.75, 3.05) is 6.26 Å². The number of nitrogens with zero attached hydrogens (tertiary/aromatic N) is 2. The Morgan fingerprint density at radius 1 is 1.38 bits per heavy atom. The maximum Gasteiger partial charge on any atom is 0.175 e. The van der Waals surface area contributed by atoms with Crippen LogP contribution in [0.15, 0.2) is 41.4 Å². The molecule has 0 radical (unpaired) electrons. The number of nitrogens with two attached hydrogens (primary N) is 1. The smallest absolute Gasteiger partial charge is 0.175 e. The SMILES string of the molecule is Cn1nccc1CCC(NN)c1cccc(S(C)(=O)=O)c1. The third-order valence-corrected chi connectivity index (χ3v) is 4.61. The fourth-order valence-electron chi connectivity index (χ4n) is 2.25. The molecule has 2 rings (SSSR count). The number of hydrogen-bond acceptors (Lipinski definition) is 5. The van der Waals surface area contributed by atoms with Crippen molar-refractivity contribution in [1.82, 2.24) is 15.2 Å². The number of hydrazine groups is 1. The third-order valence-electron chi connectivity index (χ3n) is 3.50. The largest absolute Gasteiger partial charge is 0.273 e. The molecule has 1 aromatic heterocycles. The van der Waals surface area contributed by atoms with E-state index in [1.165, 1.54) is 6.26 Å². The van der Waals surface area contributed by atoms with Gasteiger partial charge in [0.05, 0.1) is 4.90 Å². The summed E-state index contributed by atoms with van der Waals surface area (Å²) < 4.78 is 25.1. The predicted molar refractivity (Wildman–Crippen MR) is 81.1 cm³/mol. The van der Waals surface area contributed by atoms with Crippen LogP contribution in [0.5, 0.6) is 0 Å². The molecule has 0 amide bonds. The molecule has 1 heterocycles. The molecule has 0 saturated carbocycles. The molecule has 0 spiro atoms. The van der Waals surface area contributed by atoms with E-state index in [0.29, 0.717) is 4.90 Å². The number of benzene rings is 1. The molecule has 0 fully saturated rings. The second-order valence-corrected chi connectivity index (χ2v) is 7.06. The zero-order chi connectivity index (χ0) is 15.5. The average Bonchev–Trinajstić information content (AvgIpc) is 2.84. The maximum absolute atomic E-state index is 11.6. The highest BCUT2D eigenvalue weighted by molar-refractivity contribution is 7.90. The van der Waals surface area contributed by atoms with E-state index in [4.69, 9.17) is 5.84 Å². The highest BCUT2D eigenvalue weighted by Gasteiger charge is 2.14. The molecule has 3 N–H and O–H groups in total. The molecule has 0 aliphatic heterocycles. The first-order valence-electron chi connectivity index (χ1n) is 6.65. The average molecular weight is 308 g/mol. The standard InChI is InChI=1S/C14H20N4O2S/c1-18-12(8-9-16-18)6-7-14(17-15)11-4-3-5-13(10-11)21(2,19)20/h3-5,8-10,14,17H,6-7,15H2,1-2H3. The van der Waals surface area contributed by atoms with Gasteiger partial charge in [0, 0.05) is 31.2 Å². The first kappa shape index (κ1) is 15.7. The Morgan fingerprint density at radius 3 is 2.71 bits per heavy atom. The Hall–Kier alpha value is -1.70. The van der Waals surface area contributed by atoms with Gasteiger partial charge in [-0.25, -0.2) is 8.42 Å². The summed E-state index contributed by atoms with van der Waals surface area (Å²) in [6.45, 7) is 0. The van der Waals surface area contributed by atoms with Gasteiger partial charge >= 0.3 is 0 Å². The summed E-state index contributed by atoms with van der Waals surface area (Å²) in [5.41, 5.74) is 4.72. The molecular weight excluding hydrogens is 288 g/mol. The van der Waals surface area contributed by atoms with Crippen molar-refractivity contribution in [3.63, 3.8) is 0 Å². The number of aryl methyl sites for hydroxylation is 2. The molecular formula is C14H20N4O2S. The number of nitrogens with one attached hydrogen (secondary N) is 1. The summed E-state index contributed by atoms with van der Waals surface area (Å²) in [7, 11) is -1.32. The number of rotatable bonds is 6. The van der Waals surface area contributed by atoms with E-state index in [9.17, 15) is 8.42 Å². The second kappa shape index (κ2) is 6.38. The van der Waals surface area contributed by atoms with E-state index in [0.717, 1.165) is 24.1 Å². The summed E-state index contributed by atoms with van der Waals surface area (Å²) in [5.74, 6) is 5.62. The Labute approximate surface area is 124 Å². The van der Waals surface area contributed by atoms with Gasteiger partial charge in [-0.2, -0.15) is 5.10 Å². The van der Waals surface area contributed by atoms with E-state index in [2.05, 4.69) is 10.5 Å². The van der Waals surface area contributed by atoms with Crippen LogP contribution in [0.25, 0.3) is 0 Å². The van der Waals surface area contributed by atoms with Crippen molar-refractivity contribution in [3.8, 4) is 0 Å². The fraction of sp³-hybridized carbons (Fsp3) is 0.357. The highest BCUT2D eigenvalue weighted by Crippen LogP contribution is 2.21. The van der Waals surface area contributed by atoms with Gasteiger partial charge < -0.3 is 0 Å². The van der Waals surface area contributed by atoms with E-state index >= 15 is 0 Å². The summed E-state index contributed by atoms with van der Waals surface area (Å²) in [6, 6.07) is 8.72. The van der Waals surface area contributed by atoms with Gasteiger partial charge in [-0.05, 0) is 36.6 Å². The molecule has 1 aromatic carbocycles. The zero-order valence-corrected chi connectivity index (χ0v) is 13.0. The summed E-state index contributed by atoms with van der Waals surface area (Å²) in [6.07, 6.45) is 4.51. The van der Waals surface area contributed by atoms with Crippen molar-refractivity contribution in [2.45, 2.75) is 23.8 Å². The van der Waals surface area contributed by atoms with Gasteiger partial charge in [0.2, 0.25) is 0 Å². The van der Waals surface area contributed by atoms with Crippen LogP contribution < -0.4 is 11.3 Å². The normalized spacial score (nSPS) is 13.3. The quantitative estimate of drug-likeness (QED) is 0.613. The topological polar surface area (TPSA) is 90.0 Å². The summed E-state index contributed by atoms with van der Waals surface area (Å²) in [5, 5.41) is 4.13. The lowest BCUT2D eigenvalue weighted by Crippen LogP contribution is -2.28. The minimum Gasteiger partial charge on any atom is -0.273 e. The van der Waals surface area contributed by atoms with E-state index in [1.54, 1.807) is 24.4 Å². The molecule has 0 aliphatic rings. The Morgan fingerprint density at radius 2 is 2.14 bits per heavy atom. The minimum absolute atomic E-state index is 0.110. The maximum atomic E-state index is 11.6. The molecule has 0 saturated heterocycles. The molecule has 21 heavy (non-hydrogen) atoms. The zero-order valence-electron chi connectivity index (χ0n) is 12.2. The Balaban J connectivity index is 2.16. The number of hydrogen-bond donors (Lipinski definition) is 2. The van der Waals surface area contributed by atoms with Gasteiger partial charge in [0.1, 0.15) is 0 Å².